The van der Waals surface area contributed by atoms with Gasteiger partial charge in [-0.15, -0.1) is 0 Å². The van der Waals surface area contributed by atoms with Gasteiger partial charge < -0.3 is 11.1 Å². The minimum absolute atomic E-state index is 0.0197. The van der Waals surface area contributed by atoms with Crippen molar-refractivity contribution in [3.05, 3.63) is 0 Å². The molecule has 2 fully saturated rings. The first kappa shape index (κ1) is 9.34. The molecule has 0 radical (unpaired) electrons. The summed E-state index contributed by atoms with van der Waals surface area (Å²) >= 11 is 0. The Balaban J connectivity index is 2.15. The lowest BCUT2D eigenvalue weighted by Crippen LogP contribution is -2.51. The summed E-state index contributed by atoms with van der Waals surface area (Å²) < 4.78 is 26.4. The molecular weight excluding hydrogens is 174 g/mol. The minimum atomic E-state index is -2.63. The van der Waals surface area contributed by atoms with Crippen LogP contribution in [0.3, 0.4) is 0 Å². The highest BCUT2D eigenvalue weighted by Gasteiger charge is 2.56. The molecule has 4 heteroatoms. The molecule has 2 aliphatic rings. The van der Waals surface area contributed by atoms with Crippen LogP contribution in [0, 0.1) is 5.41 Å². The average molecular weight is 190 g/mol. The molecule has 1 heterocycles. The van der Waals surface area contributed by atoms with Gasteiger partial charge in [-0.3, -0.25) is 0 Å². The molecule has 1 aliphatic heterocycles. The molecular formula is C9H16F2N2. The molecule has 1 saturated carbocycles. The second kappa shape index (κ2) is 2.89. The SMILES string of the molecule is N[C@H]1C(F)(F)CCC12CCNCC2. The standard InChI is InChI=1S/C9H16F2N2/c10-9(11)2-1-8(7(9)12)3-5-13-6-4-8/h7,13H,1-6,12H2/t7-/m1/s1. The Morgan fingerprint density at radius 1 is 1.08 bits per heavy atom. The van der Waals surface area contributed by atoms with Gasteiger partial charge in [0.2, 0.25) is 0 Å². The quantitative estimate of drug-likeness (QED) is 0.600. The highest BCUT2D eigenvalue weighted by molar-refractivity contribution is 5.05. The third-order valence-corrected chi connectivity index (χ3v) is 3.67. The second-order valence-corrected chi connectivity index (χ2v) is 4.35. The van der Waals surface area contributed by atoms with E-state index >= 15 is 0 Å². The number of hydrogen-bond donors (Lipinski definition) is 2. The Labute approximate surface area is 76.9 Å². The fraction of sp³-hybridized carbons (Fsp3) is 1.00. The summed E-state index contributed by atoms with van der Waals surface area (Å²) in [5.41, 5.74) is 5.38. The molecule has 76 valence electrons. The molecule has 1 spiro atoms. The second-order valence-electron chi connectivity index (χ2n) is 4.35. The Kier molecular flexibility index (Phi) is 2.07. The van der Waals surface area contributed by atoms with E-state index in [1.165, 1.54) is 0 Å². The van der Waals surface area contributed by atoms with Gasteiger partial charge in [-0.2, -0.15) is 0 Å². The van der Waals surface area contributed by atoms with Crippen LogP contribution in [0.5, 0.6) is 0 Å². The van der Waals surface area contributed by atoms with Crippen molar-refractivity contribution in [1.82, 2.24) is 5.32 Å². The Hall–Kier alpha value is -0.220. The lowest BCUT2D eigenvalue weighted by molar-refractivity contribution is -0.0287. The van der Waals surface area contributed by atoms with Gasteiger partial charge in [0.1, 0.15) is 0 Å². The van der Waals surface area contributed by atoms with Gasteiger partial charge in [0.25, 0.3) is 5.92 Å². The molecule has 0 aromatic heterocycles. The van der Waals surface area contributed by atoms with E-state index in [-0.39, 0.29) is 11.8 Å². The number of nitrogens with one attached hydrogen (secondary N) is 1. The molecule has 2 nitrogen and oxygen atoms in total. The van der Waals surface area contributed by atoms with Crippen LogP contribution in [0.2, 0.25) is 0 Å². The summed E-state index contributed by atoms with van der Waals surface area (Å²) in [4.78, 5) is 0. The van der Waals surface area contributed by atoms with Crippen molar-refractivity contribution in [2.75, 3.05) is 13.1 Å². The van der Waals surface area contributed by atoms with Gasteiger partial charge in [-0.25, -0.2) is 8.78 Å². The molecule has 13 heavy (non-hydrogen) atoms. The fourth-order valence-electron chi connectivity index (χ4n) is 2.66. The summed E-state index contributed by atoms with van der Waals surface area (Å²) in [7, 11) is 0. The van der Waals surface area contributed by atoms with E-state index in [0.29, 0.717) is 6.42 Å². The lowest BCUT2D eigenvalue weighted by Gasteiger charge is -2.38. The number of piperidine rings is 1. The number of halogens is 2. The molecule has 3 N–H and O–H groups in total. The smallest absolute Gasteiger partial charge is 0.263 e. The summed E-state index contributed by atoms with van der Waals surface area (Å²) in [5.74, 6) is -2.63. The van der Waals surface area contributed by atoms with E-state index in [1.807, 2.05) is 0 Å². The van der Waals surface area contributed by atoms with E-state index < -0.39 is 12.0 Å². The zero-order chi connectivity index (χ0) is 9.53. The van der Waals surface area contributed by atoms with Gasteiger partial charge in [0.05, 0.1) is 6.04 Å². The highest BCUT2D eigenvalue weighted by atomic mass is 19.3. The van der Waals surface area contributed by atoms with Crippen molar-refractivity contribution in [2.24, 2.45) is 11.1 Å². The van der Waals surface area contributed by atoms with E-state index in [0.717, 1.165) is 25.9 Å². The Morgan fingerprint density at radius 3 is 2.15 bits per heavy atom. The third-order valence-electron chi connectivity index (χ3n) is 3.67. The largest absolute Gasteiger partial charge is 0.322 e. The number of hydrogen-bond acceptors (Lipinski definition) is 2. The van der Waals surface area contributed by atoms with E-state index in [4.69, 9.17) is 5.73 Å². The van der Waals surface area contributed by atoms with Crippen LogP contribution < -0.4 is 11.1 Å². The zero-order valence-corrected chi connectivity index (χ0v) is 7.65. The van der Waals surface area contributed by atoms with Crippen molar-refractivity contribution in [1.29, 1.82) is 0 Å². The highest BCUT2D eigenvalue weighted by Crippen LogP contribution is 2.50. The van der Waals surface area contributed by atoms with Crippen molar-refractivity contribution in [3.63, 3.8) is 0 Å². The lowest BCUT2D eigenvalue weighted by atomic mass is 9.74. The molecule has 1 saturated heterocycles. The predicted octanol–water partition coefficient (Wildman–Crippen LogP) is 1.11. The first-order chi connectivity index (χ1) is 6.07. The molecule has 0 amide bonds. The normalized spacial score (nSPS) is 36.7. The van der Waals surface area contributed by atoms with Crippen LogP contribution in [-0.4, -0.2) is 25.1 Å². The summed E-state index contributed by atoms with van der Waals surface area (Å²) in [6, 6.07) is -0.915. The number of alkyl halides is 2. The summed E-state index contributed by atoms with van der Waals surface area (Å²) in [5, 5.41) is 3.18. The van der Waals surface area contributed by atoms with Gasteiger partial charge in [-0.1, -0.05) is 0 Å². The first-order valence-corrected chi connectivity index (χ1v) is 4.91. The van der Waals surface area contributed by atoms with Crippen LogP contribution >= 0.6 is 0 Å². The van der Waals surface area contributed by atoms with Crippen LogP contribution in [-0.2, 0) is 0 Å². The fourth-order valence-corrected chi connectivity index (χ4v) is 2.66. The van der Waals surface area contributed by atoms with Gasteiger partial charge in [0.15, 0.2) is 0 Å². The van der Waals surface area contributed by atoms with Crippen LogP contribution in [0.25, 0.3) is 0 Å². The Bertz CT molecular complexity index is 200. The summed E-state index contributed by atoms with van der Waals surface area (Å²) in [6.45, 7) is 1.67. The number of rotatable bonds is 0. The van der Waals surface area contributed by atoms with Crippen LogP contribution in [0.15, 0.2) is 0 Å². The van der Waals surface area contributed by atoms with Gasteiger partial charge >= 0.3 is 0 Å². The maximum Gasteiger partial charge on any atom is 0.263 e. The van der Waals surface area contributed by atoms with E-state index in [9.17, 15) is 8.78 Å². The van der Waals surface area contributed by atoms with E-state index in [1.54, 1.807) is 0 Å². The molecule has 0 aromatic rings. The van der Waals surface area contributed by atoms with Crippen molar-refractivity contribution >= 4 is 0 Å². The minimum Gasteiger partial charge on any atom is -0.322 e. The Morgan fingerprint density at radius 2 is 1.69 bits per heavy atom. The monoisotopic (exact) mass is 190 g/mol. The van der Waals surface area contributed by atoms with Crippen LogP contribution in [0.1, 0.15) is 25.7 Å². The van der Waals surface area contributed by atoms with Crippen molar-refractivity contribution in [2.45, 2.75) is 37.6 Å². The topological polar surface area (TPSA) is 38.0 Å². The average Bonchev–Trinajstić information content (AvgIpc) is 2.33. The molecule has 0 bridgehead atoms. The zero-order valence-electron chi connectivity index (χ0n) is 7.65. The maximum atomic E-state index is 13.2. The van der Waals surface area contributed by atoms with E-state index in [2.05, 4.69) is 5.32 Å². The number of nitrogens with two attached hydrogens (primary N) is 1. The molecule has 0 unspecified atom stereocenters. The van der Waals surface area contributed by atoms with Gasteiger partial charge in [0, 0.05) is 6.42 Å². The molecule has 1 aliphatic carbocycles. The first-order valence-electron chi connectivity index (χ1n) is 4.91. The predicted molar refractivity (Wildman–Crippen MR) is 46.7 cm³/mol. The maximum absolute atomic E-state index is 13.2. The van der Waals surface area contributed by atoms with Crippen molar-refractivity contribution in [3.8, 4) is 0 Å². The molecule has 1 atom stereocenters. The molecule has 0 aromatic carbocycles. The third kappa shape index (κ3) is 1.36. The summed E-state index contributed by atoms with van der Waals surface area (Å²) in [6.07, 6.45) is 2.20. The van der Waals surface area contributed by atoms with Crippen LogP contribution in [0.4, 0.5) is 8.78 Å². The van der Waals surface area contributed by atoms with Gasteiger partial charge in [-0.05, 0) is 37.8 Å². The van der Waals surface area contributed by atoms with Crippen molar-refractivity contribution < 1.29 is 8.78 Å². The molecule has 2 rings (SSSR count).